The largest absolute Gasteiger partial charge is 0.359 e. The molecule has 1 unspecified atom stereocenters. The molecule has 0 aromatic heterocycles. The number of benzene rings is 1. The molecule has 5 heteroatoms. The number of hydrogen-bond acceptors (Lipinski definition) is 2. The van der Waals surface area contributed by atoms with Crippen molar-refractivity contribution in [2.45, 2.75) is 19.9 Å². The highest BCUT2D eigenvalue weighted by atomic mass is 127. The maximum absolute atomic E-state index is 4.16. The predicted molar refractivity (Wildman–Crippen MR) is 97.9 cm³/mol. The van der Waals surface area contributed by atoms with Crippen molar-refractivity contribution < 1.29 is 0 Å². The van der Waals surface area contributed by atoms with E-state index in [0.29, 0.717) is 6.04 Å². The lowest BCUT2D eigenvalue weighted by Crippen LogP contribution is -2.42. The van der Waals surface area contributed by atoms with E-state index in [1.165, 1.54) is 5.56 Å². The zero-order valence-corrected chi connectivity index (χ0v) is 15.2. The average Bonchev–Trinajstić information content (AvgIpc) is 2.48. The van der Waals surface area contributed by atoms with Crippen molar-refractivity contribution in [1.82, 2.24) is 15.5 Å². The number of hydrogen-bond donors (Lipinski definition) is 2. The van der Waals surface area contributed by atoms with Gasteiger partial charge in [0.05, 0.1) is 6.04 Å². The Morgan fingerprint density at radius 2 is 1.80 bits per heavy atom. The van der Waals surface area contributed by atoms with E-state index >= 15 is 0 Å². The van der Waals surface area contributed by atoms with E-state index < -0.39 is 0 Å². The van der Waals surface area contributed by atoms with E-state index in [4.69, 9.17) is 0 Å². The number of guanidine groups is 1. The maximum atomic E-state index is 4.16. The fraction of sp³-hybridized carbons (Fsp3) is 0.533. The molecule has 0 saturated carbocycles. The molecule has 114 valence electrons. The Labute approximate surface area is 140 Å². The Hall–Kier alpha value is -0.820. The lowest BCUT2D eigenvalue weighted by molar-refractivity contribution is 0.219. The van der Waals surface area contributed by atoms with Crippen LogP contribution in [0.3, 0.4) is 0 Å². The molecule has 0 aliphatic rings. The van der Waals surface area contributed by atoms with Gasteiger partial charge in [0.15, 0.2) is 5.96 Å². The highest BCUT2D eigenvalue weighted by Gasteiger charge is 2.17. The van der Waals surface area contributed by atoms with Crippen molar-refractivity contribution in [2.24, 2.45) is 4.99 Å². The number of likely N-dealkylation sites (N-methyl/N-ethyl adjacent to an activating group) is 1. The predicted octanol–water partition coefficient (Wildman–Crippen LogP) is 2.48. The van der Waals surface area contributed by atoms with E-state index in [9.17, 15) is 0 Å². The second-order valence-electron chi connectivity index (χ2n) is 4.35. The van der Waals surface area contributed by atoms with Gasteiger partial charge in [-0.25, -0.2) is 0 Å². The lowest BCUT2D eigenvalue weighted by atomic mass is 10.1. The summed E-state index contributed by atoms with van der Waals surface area (Å²) in [6, 6.07) is 11.0. The summed E-state index contributed by atoms with van der Waals surface area (Å²) in [5.74, 6) is 0.827. The third-order valence-electron chi connectivity index (χ3n) is 3.36. The first kappa shape index (κ1) is 19.2. The van der Waals surface area contributed by atoms with Gasteiger partial charge in [0, 0.05) is 20.6 Å². The monoisotopic (exact) mass is 390 g/mol. The van der Waals surface area contributed by atoms with Gasteiger partial charge in [-0.3, -0.25) is 9.89 Å². The molecule has 1 atom stereocenters. The van der Waals surface area contributed by atoms with Crippen molar-refractivity contribution >= 4 is 29.9 Å². The Bertz CT molecular complexity index is 377. The van der Waals surface area contributed by atoms with Crippen molar-refractivity contribution in [3.8, 4) is 0 Å². The molecule has 0 aliphatic heterocycles. The standard InChI is InChI=1S/C15H26N4.HI/c1-5-19(6-2)14(12-18-15(16-3)17-4)13-10-8-7-9-11-13;/h7-11,14H,5-6,12H2,1-4H3,(H2,16,17,18);1H. The summed E-state index contributed by atoms with van der Waals surface area (Å²) >= 11 is 0. The van der Waals surface area contributed by atoms with Crippen LogP contribution in [0.2, 0.25) is 0 Å². The minimum Gasteiger partial charge on any atom is -0.359 e. The van der Waals surface area contributed by atoms with Crippen LogP contribution in [-0.2, 0) is 0 Å². The molecule has 1 aromatic carbocycles. The fourth-order valence-corrected chi connectivity index (χ4v) is 2.27. The van der Waals surface area contributed by atoms with Gasteiger partial charge in [-0.15, -0.1) is 24.0 Å². The van der Waals surface area contributed by atoms with Gasteiger partial charge in [0.1, 0.15) is 0 Å². The molecule has 0 aliphatic carbocycles. The van der Waals surface area contributed by atoms with Crippen LogP contribution < -0.4 is 10.6 Å². The zero-order chi connectivity index (χ0) is 14.1. The molecule has 0 heterocycles. The van der Waals surface area contributed by atoms with Crippen LogP contribution in [0.4, 0.5) is 0 Å². The molecule has 1 rings (SSSR count). The first-order valence-electron chi connectivity index (χ1n) is 6.94. The average molecular weight is 390 g/mol. The number of nitrogens with zero attached hydrogens (tertiary/aromatic N) is 2. The molecule has 20 heavy (non-hydrogen) atoms. The highest BCUT2D eigenvalue weighted by molar-refractivity contribution is 14.0. The molecule has 2 N–H and O–H groups in total. The molecule has 0 radical (unpaired) electrons. The fourth-order valence-electron chi connectivity index (χ4n) is 2.27. The normalized spacial score (nSPS) is 12.8. The van der Waals surface area contributed by atoms with Crippen LogP contribution in [0.5, 0.6) is 0 Å². The van der Waals surface area contributed by atoms with E-state index in [1.54, 1.807) is 7.05 Å². The number of aliphatic imine (C=N–C) groups is 1. The summed E-state index contributed by atoms with van der Waals surface area (Å²) in [7, 11) is 3.66. The molecule has 0 saturated heterocycles. The van der Waals surface area contributed by atoms with Crippen molar-refractivity contribution in [1.29, 1.82) is 0 Å². The Morgan fingerprint density at radius 1 is 1.20 bits per heavy atom. The van der Waals surface area contributed by atoms with Crippen LogP contribution in [0, 0.1) is 0 Å². The third kappa shape index (κ3) is 5.66. The number of halogens is 1. The van der Waals surface area contributed by atoms with Gasteiger partial charge < -0.3 is 10.6 Å². The van der Waals surface area contributed by atoms with Gasteiger partial charge in [-0.1, -0.05) is 44.2 Å². The lowest BCUT2D eigenvalue weighted by Gasteiger charge is -2.30. The van der Waals surface area contributed by atoms with Gasteiger partial charge in [0.2, 0.25) is 0 Å². The maximum Gasteiger partial charge on any atom is 0.190 e. The third-order valence-corrected chi connectivity index (χ3v) is 3.36. The summed E-state index contributed by atoms with van der Waals surface area (Å²) in [5.41, 5.74) is 1.34. The van der Waals surface area contributed by atoms with Crippen LogP contribution in [0.15, 0.2) is 35.3 Å². The SMILES string of the molecule is CCN(CC)C(CNC(=NC)NC)c1ccccc1.I. The first-order valence-corrected chi connectivity index (χ1v) is 6.94. The number of nitrogens with one attached hydrogen (secondary N) is 2. The molecule has 0 spiro atoms. The second kappa shape index (κ2) is 10.9. The van der Waals surface area contributed by atoms with E-state index in [1.807, 2.05) is 7.05 Å². The molecule has 1 aromatic rings. The molecular weight excluding hydrogens is 363 g/mol. The summed E-state index contributed by atoms with van der Waals surface area (Å²) in [6.07, 6.45) is 0. The molecule has 0 fully saturated rings. The number of rotatable bonds is 6. The van der Waals surface area contributed by atoms with E-state index in [0.717, 1.165) is 25.6 Å². The van der Waals surface area contributed by atoms with Crippen LogP contribution >= 0.6 is 24.0 Å². The molecular formula is C15H27IN4. The molecule has 0 amide bonds. The highest BCUT2D eigenvalue weighted by Crippen LogP contribution is 2.19. The summed E-state index contributed by atoms with van der Waals surface area (Å²) < 4.78 is 0. The van der Waals surface area contributed by atoms with Gasteiger partial charge in [-0.05, 0) is 18.7 Å². The van der Waals surface area contributed by atoms with Gasteiger partial charge >= 0.3 is 0 Å². The van der Waals surface area contributed by atoms with Crippen LogP contribution in [0.25, 0.3) is 0 Å². The smallest absolute Gasteiger partial charge is 0.190 e. The van der Waals surface area contributed by atoms with Crippen molar-refractivity contribution in [2.75, 3.05) is 33.7 Å². The van der Waals surface area contributed by atoms with E-state index in [2.05, 4.69) is 64.7 Å². The topological polar surface area (TPSA) is 39.7 Å². The minimum absolute atomic E-state index is 0. The second-order valence-corrected chi connectivity index (χ2v) is 4.35. The quantitative estimate of drug-likeness (QED) is 0.446. The first-order chi connectivity index (χ1) is 9.26. The Kier molecular flexibility index (Phi) is 10.5. The van der Waals surface area contributed by atoms with Crippen LogP contribution in [0.1, 0.15) is 25.5 Å². The summed E-state index contributed by atoms with van der Waals surface area (Å²) in [5, 5.41) is 6.42. The Morgan fingerprint density at radius 3 is 2.25 bits per heavy atom. The molecule has 0 bridgehead atoms. The van der Waals surface area contributed by atoms with Crippen molar-refractivity contribution in [3.05, 3.63) is 35.9 Å². The minimum atomic E-state index is 0. The summed E-state index contributed by atoms with van der Waals surface area (Å²) in [4.78, 5) is 6.61. The van der Waals surface area contributed by atoms with Gasteiger partial charge in [0.25, 0.3) is 0 Å². The van der Waals surface area contributed by atoms with Crippen molar-refractivity contribution in [3.63, 3.8) is 0 Å². The van der Waals surface area contributed by atoms with E-state index in [-0.39, 0.29) is 24.0 Å². The Balaban J connectivity index is 0.00000361. The van der Waals surface area contributed by atoms with Crippen LogP contribution in [-0.4, -0.2) is 44.6 Å². The summed E-state index contributed by atoms with van der Waals surface area (Å²) in [6.45, 7) is 7.32. The van der Waals surface area contributed by atoms with Gasteiger partial charge in [-0.2, -0.15) is 0 Å². The zero-order valence-electron chi connectivity index (χ0n) is 12.9. The molecule has 4 nitrogen and oxygen atoms in total.